The van der Waals surface area contributed by atoms with E-state index in [1.165, 1.54) is 27.5 Å². The Balaban J connectivity index is 1.32. The van der Waals surface area contributed by atoms with Gasteiger partial charge in [-0.05, 0) is 39.9 Å². The van der Waals surface area contributed by atoms with E-state index in [9.17, 15) is 4.79 Å². The molecule has 0 aromatic heterocycles. The van der Waals surface area contributed by atoms with Crippen molar-refractivity contribution in [2.45, 2.75) is 31.0 Å². The van der Waals surface area contributed by atoms with Gasteiger partial charge in [-0.1, -0.05) is 97.1 Å². The third-order valence-electron chi connectivity index (χ3n) is 7.18. The molecule has 35 heavy (non-hydrogen) atoms. The topological polar surface area (TPSA) is 44.4 Å². The molecule has 0 aliphatic carbocycles. The number of carbonyl (C=O) groups is 1. The van der Waals surface area contributed by atoms with E-state index in [4.69, 9.17) is 0 Å². The van der Waals surface area contributed by atoms with E-state index in [-0.39, 0.29) is 23.9 Å². The van der Waals surface area contributed by atoms with Crippen molar-refractivity contribution in [1.29, 1.82) is 0 Å². The molecule has 0 radical (unpaired) electrons. The molecule has 4 aromatic rings. The summed E-state index contributed by atoms with van der Waals surface area (Å²) in [4.78, 5) is 15.2. The first-order chi connectivity index (χ1) is 17.2. The van der Waals surface area contributed by atoms with Crippen LogP contribution in [-0.4, -0.2) is 43.0 Å². The Labute approximate surface area is 208 Å². The maximum absolute atomic E-state index is 12.9. The van der Waals surface area contributed by atoms with Crippen LogP contribution in [0.15, 0.2) is 103 Å². The minimum atomic E-state index is -0.135. The number of fused-ring (bicyclic) bond motifs is 1. The fraction of sp³-hybridized carbons (Fsp3) is 0.258. The second-order valence-corrected chi connectivity index (χ2v) is 9.45. The van der Waals surface area contributed by atoms with Crippen molar-refractivity contribution in [3.8, 4) is 0 Å². The minimum Gasteiger partial charge on any atom is -0.358 e. The number of likely N-dealkylation sites (tertiary alicyclic amines) is 1. The number of likely N-dealkylation sites (N-methyl/N-ethyl adjacent to an activating group) is 1. The van der Waals surface area contributed by atoms with E-state index in [0.29, 0.717) is 0 Å². The van der Waals surface area contributed by atoms with Crippen LogP contribution in [0, 0.1) is 0 Å². The number of hydrogen-bond acceptors (Lipinski definition) is 3. The largest absolute Gasteiger partial charge is 0.358 e. The highest BCUT2D eigenvalue weighted by Gasteiger charge is 2.37. The van der Waals surface area contributed by atoms with E-state index >= 15 is 0 Å². The molecule has 1 saturated heterocycles. The fourth-order valence-electron chi connectivity index (χ4n) is 5.31. The number of amides is 1. The van der Waals surface area contributed by atoms with Gasteiger partial charge < -0.3 is 10.6 Å². The number of rotatable bonds is 8. The standard InChI is InChI=1S/C31H33N3O/c1-32-31(35)30-19-28(33-20-23-16-17-24-10-8-9-15-27(24)18-23)21-34(30)22-29(25-11-4-2-5-12-25)26-13-6-3-7-14-26/h2-18,28-30,33H,19-22H2,1H3,(H,32,35)/t28-,30+/m1/s1. The second-order valence-electron chi connectivity index (χ2n) is 9.45. The van der Waals surface area contributed by atoms with E-state index in [1.54, 1.807) is 7.05 Å². The maximum atomic E-state index is 12.9. The maximum Gasteiger partial charge on any atom is 0.237 e. The van der Waals surface area contributed by atoms with Crippen LogP contribution in [0.5, 0.6) is 0 Å². The number of nitrogens with one attached hydrogen (secondary N) is 2. The summed E-state index contributed by atoms with van der Waals surface area (Å²) < 4.78 is 0. The summed E-state index contributed by atoms with van der Waals surface area (Å²) in [6.45, 7) is 2.45. The summed E-state index contributed by atoms with van der Waals surface area (Å²) in [7, 11) is 1.74. The molecule has 4 nitrogen and oxygen atoms in total. The van der Waals surface area contributed by atoms with E-state index in [1.807, 2.05) is 0 Å². The highest BCUT2D eigenvalue weighted by Crippen LogP contribution is 2.29. The normalized spacial score (nSPS) is 18.2. The van der Waals surface area contributed by atoms with Gasteiger partial charge in [-0.25, -0.2) is 0 Å². The average Bonchev–Trinajstić information content (AvgIpc) is 3.33. The predicted octanol–water partition coefficient (Wildman–Crippen LogP) is 4.95. The van der Waals surface area contributed by atoms with Gasteiger partial charge in [0.15, 0.2) is 0 Å². The summed E-state index contributed by atoms with van der Waals surface area (Å²) in [5, 5.41) is 9.15. The predicted molar refractivity (Wildman–Crippen MR) is 143 cm³/mol. The molecule has 1 amide bonds. The quantitative estimate of drug-likeness (QED) is 0.389. The van der Waals surface area contributed by atoms with Crippen molar-refractivity contribution < 1.29 is 4.79 Å². The lowest BCUT2D eigenvalue weighted by Crippen LogP contribution is -2.43. The first-order valence-corrected chi connectivity index (χ1v) is 12.5. The molecule has 2 atom stereocenters. The zero-order valence-electron chi connectivity index (χ0n) is 20.2. The minimum absolute atomic E-state index is 0.0971. The zero-order chi connectivity index (χ0) is 24.0. The van der Waals surface area contributed by atoms with Crippen molar-refractivity contribution in [2.24, 2.45) is 0 Å². The molecule has 4 aromatic carbocycles. The Bertz CT molecular complexity index is 1220. The lowest BCUT2D eigenvalue weighted by Gasteiger charge is -2.28. The van der Waals surface area contributed by atoms with Gasteiger partial charge in [0.05, 0.1) is 6.04 Å². The monoisotopic (exact) mass is 463 g/mol. The van der Waals surface area contributed by atoms with Crippen molar-refractivity contribution in [2.75, 3.05) is 20.1 Å². The molecule has 0 spiro atoms. The van der Waals surface area contributed by atoms with Crippen molar-refractivity contribution in [1.82, 2.24) is 15.5 Å². The first kappa shape index (κ1) is 23.3. The van der Waals surface area contributed by atoms with Gasteiger partial charge in [0.1, 0.15) is 0 Å². The lowest BCUT2D eigenvalue weighted by molar-refractivity contribution is -0.125. The molecule has 2 N–H and O–H groups in total. The van der Waals surface area contributed by atoms with Gasteiger partial charge in [0.25, 0.3) is 0 Å². The molecule has 1 fully saturated rings. The van der Waals surface area contributed by atoms with Gasteiger partial charge in [-0.2, -0.15) is 0 Å². The molecule has 0 saturated carbocycles. The van der Waals surface area contributed by atoms with E-state index in [0.717, 1.165) is 26.1 Å². The fourth-order valence-corrected chi connectivity index (χ4v) is 5.31. The molecular formula is C31H33N3O. The summed E-state index contributed by atoms with van der Waals surface area (Å²) in [6, 6.07) is 36.5. The Hall–Kier alpha value is -3.47. The number of benzene rings is 4. The SMILES string of the molecule is CNC(=O)[C@@H]1C[C@@H](NCc2ccc3ccccc3c2)CN1CC(c1ccccc1)c1ccccc1. The second kappa shape index (κ2) is 10.9. The van der Waals surface area contributed by atoms with Gasteiger partial charge in [-0.15, -0.1) is 0 Å². The molecule has 0 unspecified atom stereocenters. The molecule has 0 bridgehead atoms. The van der Waals surface area contributed by atoms with Crippen LogP contribution in [0.3, 0.4) is 0 Å². The Morgan fingerprint density at radius 3 is 2.14 bits per heavy atom. The van der Waals surface area contributed by atoms with Crippen LogP contribution < -0.4 is 10.6 Å². The number of hydrogen-bond donors (Lipinski definition) is 2. The number of carbonyl (C=O) groups excluding carboxylic acids is 1. The third kappa shape index (κ3) is 5.45. The van der Waals surface area contributed by atoms with Crippen molar-refractivity contribution in [3.63, 3.8) is 0 Å². The zero-order valence-corrected chi connectivity index (χ0v) is 20.2. The molecular weight excluding hydrogens is 430 g/mol. The van der Waals surface area contributed by atoms with Gasteiger partial charge in [0.2, 0.25) is 5.91 Å². The van der Waals surface area contributed by atoms with Crippen molar-refractivity contribution >= 4 is 16.7 Å². The van der Waals surface area contributed by atoms with Gasteiger partial charge in [0, 0.05) is 38.6 Å². The highest BCUT2D eigenvalue weighted by molar-refractivity contribution is 5.83. The Morgan fingerprint density at radius 1 is 0.857 bits per heavy atom. The molecule has 1 aliphatic rings. The molecule has 1 aliphatic heterocycles. The van der Waals surface area contributed by atoms with Gasteiger partial charge in [-0.3, -0.25) is 9.69 Å². The molecule has 1 heterocycles. The Kier molecular flexibility index (Phi) is 7.22. The van der Waals surface area contributed by atoms with E-state index < -0.39 is 0 Å². The van der Waals surface area contributed by atoms with Crippen LogP contribution >= 0.6 is 0 Å². The highest BCUT2D eigenvalue weighted by atomic mass is 16.2. The van der Waals surface area contributed by atoms with Crippen LogP contribution in [0.4, 0.5) is 0 Å². The molecule has 5 rings (SSSR count). The summed E-state index contributed by atoms with van der Waals surface area (Å²) in [5.41, 5.74) is 3.83. The Morgan fingerprint density at radius 2 is 1.49 bits per heavy atom. The summed E-state index contributed by atoms with van der Waals surface area (Å²) in [6.07, 6.45) is 0.809. The first-order valence-electron chi connectivity index (χ1n) is 12.5. The average molecular weight is 464 g/mol. The summed E-state index contributed by atoms with van der Waals surface area (Å²) in [5.74, 6) is 0.309. The van der Waals surface area contributed by atoms with Gasteiger partial charge >= 0.3 is 0 Å². The smallest absolute Gasteiger partial charge is 0.237 e. The van der Waals surface area contributed by atoms with Crippen molar-refractivity contribution in [3.05, 3.63) is 120 Å². The van der Waals surface area contributed by atoms with Crippen LogP contribution in [0.2, 0.25) is 0 Å². The van der Waals surface area contributed by atoms with Crippen LogP contribution in [0.1, 0.15) is 29.0 Å². The third-order valence-corrected chi connectivity index (χ3v) is 7.18. The molecule has 178 valence electrons. The summed E-state index contributed by atoms with van der Waals surface area (Å²) >= 11 is 0. The lowest BCUT2D eigenvalue weighted by atomic mass is 9.90. The van der Waals surface area contributed by atoms with E-state index in [2.05, 4.69) is 119 Å². The molecule has 4 heteroatoms. The van der Waals surface area contributed by atoms with Crippen LogP contribution in [-0.2, 0) is 11.3 Å². The van der Waals surface area contributed by atoms with Crippen LogP contribution in [0.25, 0.3) is 10.8 Å². The number of nitrogens with zero attached hydrogens (tertiary/aromatic N) is 1.